The summed E-state index contributed by atoms with van der Waals surface area (Å²) >= 11 is 4.01. The van der Waals surface area contributed by atoms with Gasteiger partial charge in [0.05, 0.1) is 18.1 Å². The third-order valence-electron chi connectivity index (χ3n) is 1.74. The molecule has 2 aromatic rings. The number of fused-ring (bicyclic) bond motifs is 1. The van der Waals surface area contributed by atoms with Gasteiger partial charge in [-0.3, -0.25) is 0 Å². The van der Waals surface area contributed by atoms with Gasteiger partial charge >= 0.3 is 0 Å². The van der Waals surface area contributed by atoms with Crippen LogP contribution in [-0.2, 0) is 0 Å². The van der Waals surface area contributed by atoms with E-state index in [0.717, 1.165) is 0 Å². The number of aromatic amines is 1. The number of ether oxygens (including phenoxy) is 1. The summed E-state index contributed by atoms with van der Waals surface area (Å²) < 4.78 is 17.9. The van der Waals surface area contributed by atoms with Crippen LogP contribution in [0.1, 0.15) is 0 Å². The Morgan fingerprint density at radius 1 is 1.54 bits per heavy atom. The van der Waals surface area contributed by atoms with Crippen molar-refractivity contribution in [2.75, 3.05) is 7.11 Å². The molecule has 68 valence electrons. The van der Waals surface area contributed by atoms with Gasteiger partial charge in [0.2, 0.25) is 0 Å². The molecule has 5 heteroatoms. The Bertz CT molecular complexity index is 455. The van der Waals surface area contributed by atoms with Crippen molar-refractivity contribution in [2.45, 2.75) is 5.16 Å². The van der Waals surface area contributed by atoms with Gasteiger partial charge in [0.25, 0.3) is 0 Å². The van der Waals surface area contributed by atoms with Crippen molar-refractivity contribution in [3.05, 3.63) is 17.9 Å². The highest BCUT2D eigenvalue weighted by Gasteiger charge is 2.07. The number of nitrogens with zero attached hydrogens (tertiary/aromatic N) is 1. The molecule has 1 aromatic heterocycles. The minimum absolute atomic E-state index is 0.199. The number of aromatic nitrogens is 2. The molecule has 1 heterocycles. The molecule has 0 atom stereocenters. The lowest BCUT2D eigenvalue weighted by atomic mass is 10.3. The quantitative estimate of drug-likeness (QED) is 0.688. The maximum Gasteiger partial charge on any atom is 0.167 e. The van der Waals surface area contributed by atoms with Crippen LogP contribution in [0.2, 0.25) is 0 Å². The number of thiol groups is 1. The first-order valence-corrected chi connectivity index (χ1v) is 4.07. The predicted octanol–water partition coefficient (Wildman–Crippen LogP) is 2.00. The van der Waals surface area contributed by atoms with Crippen LogP contribution in [0.4, 0.5) is 4.39 Å². The molecule has 0 amide bonds. The molecule has 0 fully saturated rings. The highest BCUT2D eigenvalue weighted by atomic mass is 32.1. The number of halogens is 1. The first kappa shape index (κ1) is 8.37. The van der Waals surface area contributed by atoms with E-state index in [1.807, 2.05) is 0 Å². The minimum atomic E-state index is -0.421. The second-order valence-electron chi connectivity index (χ2n) is 2.56. The van der Waals surface area contributed by atoms with Crippen LogP contribution in [0.3, 0.4) is 0 Å². The number of H-pyrrole nitrogens is 1. The number of benzene rings is 1. The maximum atomic E-state index is 13.1. The van der Waals surface area contributed by atoms with Gasteiger partial charge in [-0.05, 0) is 0 Å². The SMILES string of the molecule is COc1cc2[nH]c(S)nc2cc1F. The van der Waals surface area contributed by atoms with Crippen LogP contribution in [0.25, 0.3) is 11.0 Å². The molecule has 0 bridgehead atoms. The zero-order chi connectivity index (χ0) is 9.42. The Labute approximate surface area is 79.3 Å². The van der Waals surface area contributed by atoms with Gasteiger partial charge in [0.1, 0.15) is 0 Å². The van der Waals surface area contributed by atoms with Crippen LogP contribution in [0, 0.1) is 5.82 Å². The lowest BCUT2D eigenvalue weighted by molar-refractivity contribution is 0.387. The lowest BCUT2D eigenvalue weighted by Gasteiger charge is -1.99. The summed E-state index contributed by atoms with van der Waals surface area (Å²) in [6.45, 7) is 0. The van der Waals surface area contributed by atoms with E-state index in [9.17, 15) is 4.39 Å². The van der Waals surface area contributed by atoms with Crippen LogP contribution < -0.4 is 4.74 Å². The molecule has 1 aromatic carbocycles. The van der Waals surface area contributed by atoms with Crippen molar-refractivity contribution in [2.24, 2.45) is 0 Å². The van der Waals surface area contributed by atoms with Gasteiger partial charge in [0.15, 0.2) is 16.7 Å². The summed E-state index contributed by atoms with van der Waals surface area (Å²) in [6, 6.07) is 2.86. The molecule has 2 rings (SSSR count). The van der Waals surface area contributed by atoms with Gasteiger partial charge in [-0.15, -0.1) is 12.6 Å². The van der Waals surface area contributed by atoms with Crippen LogP contribution >= 0.6 is 12.6 Å². The Balaban J connectivity index is 2.72. The molecule has 3 nitrogen and oxygen atoms in total. The first-order valence-electron chi connectivity index (χ1n) is 3.63. The van der Waals surface area contributed by atoms with E-state index < -0.39 is 5.82 Å². The molecule has 0 spiro atoms. The van der Waals surface area contributed by atoms with Gasteiger partial charge in [-0.2, -0.15) is 0 Å². The molecule has 0 radical (unpaired) electrons. The fraction of sp³-hybridized carbons (Fsp3) is 0.125. The third-order valence-corrected chi connectivity index (χ3v) is 1.95. The summed E-state index contributed by atoms with van der Waals surface area (Å²) in [7, 11) is 1.42. The van der Waals surface area contributed by atoms with Crippen LogP contribution in [0.5, 0.6) is 5.75 Å². The van der Waals surface area contributed by atoms with E-state index in [4.69, 9.17) is 4.74 Å². The molecule has 13 heavy (non-hydrogen) atoms. The standard InChI is InChI=1S/C8H7FN2OS/c1-12-7-3-6-5(2-4(7)9)10-8(13)11-6/h2-3H,1H3,(H2,10,11,13). The summed E-state index contributed by atoms with van der Waals surface area (Å²) in [6.07, 6.45) is 0. The zero-order valence-corrected chi connectivity index (χ0v) is 7.73. The average Bonchev–Trinajstić information content (AvgIpc) is 2.42. The van der Waals surface area contributed by atoms with Gasteiger partial charge in [-0.1, -0.05) is 0 Å². The largest absolute Gasteiger partial charge is 0.494 e. The van der Waals surface area contributed by atoms with E-state index in [2.05, 4.69) is 22.6 Å². The molecule has 0 aliphatic carbocycles. The monoisotopic (exact) mass is 198 g/mol. The zero-order valence-electron chi connectivity index (χ0n) is 6.84. The Morgan fingerprint density at radius 3 is 3.00 bits per heavy atom. The van der Waals surface area contributed by atoms with Crippen LogP contribution in [0.15, 0.2) is 17.3 Å². The lowest BCUT2D eigenvalue weighted by Crippen LogP contribution is -1.87. The number of nitrogens with one attached hydrogen (secondary N) is 1. The van der Waals surface area contributed by atoms with E-state index in [1.165, 1.54) is 13.2 Å². The van der Waals surface area contributed by atoms with Crippen molar-refractivity contribution in [1.29, 1.82) is 0 Å². The number of imidazole rings is 1. The highest BCUT2D eigenvalue weighted by Crippen LogP contribution is 2.23. The summed E-state index contributed by atoms with van der Waals surface area (Å²) in [5.74, 6) is -0.223. The van der Waals surface area contributed by atoms with Crippen molar-refractivity contribution in [3.63, 3.8) is 0 Å². The maximum absolute atomic E-state index is 13.1. The van der Waals surface area contributed by atoms with E-state index in [1.54, 1.807) is 6.07 Å². The Kier molecular flexibility index (Phi) is 1.88. The summed E-state index contributed by atoms with van der Waals surface area (Å²) in [4.78, 5) is 6.83. The smallest absolute Gasteiger partial charge is 0.167 e. The first-order chi connectivity index (χ1) is 6.20. The molecular weight excluding hydrogens is 191 g/mol. The van der Waals surface area contributed by atoms with E-state index in [-0.39, 0.29) is 5.75 Å². The minimum Gasteiger partial charge on any atom is -0.494 e. The van der Waals surface area contributed by atoms with Crippen molar-refractivity contribution < 1.29 is 9.13 Å². The number of hydrogen-bond donors (Lipinski definition) is 2. The number of rotatable bonds is 1. The number of methoxy groups -OCH3 is 1. The van der Waals surface area contributed by atoms with E-state index in [0.29, 0.717) is 16.2 Å². The molecule has 0 saturated heterocycles. The normalized spacial score (nSPS) is 10.7. The average molecular weight is 198 g/mol. The highest BCUT2D eigenvalue weighted by molar-refractivity contribution is 7.80. The molecule has 0 unspecified atom stereocenters. The second-order valence-corrected chi connectivity index (χ2v) is 2.99. The summed E-state index contributed by atoms with van der Waals surface area (Å²) in [5, 5.41) is 0.461. The molecule has 0 aliphatic rings. The summed E-state index contributed by atoms with van der Waals surface area (Å²) in [5.41, 5.74) is 1.26. The molecule has 0 aliphatic heterocycles. The van der Waals surface area contributed by atoms with Crippen molar-refractivity contribution in [3.8, 4) is 5.75 Å². The molecular formula is C8H7FN2OS. The van der Waals surface area contributed by atoms with Gasteiger partial charge in [-0.25, -0.2) is 9.37 Å². The topological polar surface area (TPSA) is 37.9 Å². The van der Waals surface area contributed by atoms with Gasteiger partial charge < -0.3 is 9.72 Å². The van der Waals surface area contributed by atoms with Crippen molar-refractivity contribution >= 4 is 23.7 Å². The second kappa shape index (κ2) is 2.92. The fourth-order valence-electron chi connectivity index (χ4n) is 1.15. The predicted molar refractivity (Wildman–Crippen MR) is 49.9 cm³/mol. The molecule has 0 saturated carbocycles. The van der Waals surface area contributed by atoms with Gasteiger partial charge in [0, 0.05) is 12.1 Å². The fourth-order valence-corrected chi connectivity index (χ4v) is 1.38. The third kappa shape index (κ3) is 1.35. The Hall–Kier alpha value is -1.23. The van der Waals surface area contributed by atoms with Crippen molar-refractivity contribution in [1.82, 2.24) is 9.97 Å². The number of hydrogen-bond acceptors (Lipinski definition) is 3. The molecule has 1 N–H and O–H groups in total. The Morgan fingerprint density at radius 2 is 2.31 bits per heavy atom. The van der Waals surface area contributed by atoms with Crippen LogP contribution in [-0.4, -0.2) is 17.1 Å². The van der Waals surface area contributed by atoms with E-state index >= 15 is 0 Å².